The van der Waals surface area contributed by atoms with Crippen molar-refractivity contribution in [2.75, 3.05) is 27.3 Å². The molecule has 0 saturated carbocycles. The van der Waals surface area contributed by atoms with E-state index >= 15 is 0 Å². The van der Waals surface area contributed by atoms with E-state index in [2.05, 4.69) is 27.8 Å². The number of hydrogen-bond donors (Lipinski definition) is 3. The maximum Gasteiger partial charge on any atom is 0.191 e. The molecule has 30 heavy (non-hydrogen) atoms. The van der Waals surface area contributed by atoms with Gasteiger partial charge in [0.25, 0.3) is 0 Å². The number of aliphatic hydroxyl groups excluding tert-OH is 1. The van der Waals surface area contributed by atoms with E-state index < -0.39 is 6.10 Å². The number of thiophene rings is 1. The molecule has 3 aromatic rings. The minimum Gasteiger partial charge on any atom is -0.493 e. The first-order valence-corrected chi connectivity index (χ1v) is 10.4. The molecule has 0 aliphatic heterocycles. The van der Waals surface area contributed by atoms with Crippen LogP contribution >= 0.6 is 35.3 Å². The van der Waals surface area contributed by atoms with Gasteiger partial charge in [0.1, 0.15) is 6.10 Å². The lowest BCUT2D eigenvalue weighted by Gasteiger charge is -2.15. The number of nitrogens with zero attached hydrogens (tertiary/aromatic N) is 1. The van der Waals surface area contributed by atoms with Crippen LogP contribution < -0.4 is 20.1 Å². The third-order valence-electron chi connectivity index (χ3n) is 4.45. The second-order valence-corrected chi connectivity index (χ2v) is 7.54. The molecule has 3 N–H and O–H groups in total. The third kappa shape index (κ3) is 6.23. The number of fused-ring (bicyclic) bond motifs is 1. The van der Waals surface area contributed by atoms with Crippen LogP contribution in [0.2, 0.25) is 0 Å². The zero-order valence-electron chi connectivity index (χ0n) is 17.3. The average molecular weight is 541 g/mol. The van der Waals surface area contributed by atoms with Crippen LogP contribution in [0.1, 0.15) is 23.5 Å². The van der Waals surface area contributed by atoms with E-state index in [1.54, 1.807) is 25.5 Å². The number of guanidine groups is 1. The Balaban J connectivity index is 0.00000320. The van der Waals surface area contributed by atoms with Gasteiger partial charge >= 0.3 is 0 Å². The summed E-state index contributed by atoms with van der Waals surface area (Å²) in [4.78, 5) is 5.17. The van der Waals surface area contributed by atoms with E-state index in [0.717, 1.165) is 21.6 Å². The smallest absolute Gasteiger partial charge is 0.191 e. The molecule has 3 rings (SSSR count). The van der Waals surface area contributed by atoms with Crippen LogP contribution in [-0.2, 0) is 6.54 Å². The van der Waals surface area contributed by atoms with Crippen LogP contribution in [0.15, 0.2) is 53.5 Å². The molecule has 0 bridgehead atoms. The van der Waals surface area contributed by atoms with E-state index in [4.69, 9.17) is 9.47 Å². The zero-order valence-corrected chi connectivity index (χ0v) is 20.5. The zero-order chi connectivity index (χ0) is 20.6. The number of halogens is 1. The highest BCUT2D eigenvalue weighted by Crippen LogP contribution is 2.29. The number of hydrogen-bond acceptors (Lipinski definition) is 5. The van der Waals surface area contributed by atoms with Crippen LogP contribution in [0, 0.1) is 0 Å². The molecule has 0 amide bonds. The number of ether oxygens (including phenoxy) is 2. The number of aliphatic hydroxyl groups is 1. The van der Waals surface area contributed by atoms with Gasteiger partial charge in [-0.3, -0.25) is 4.99 Å². The van der Waals surface area contributed by atoms with Crippen molar-refractivity contribution in [1.82, 2.24) is 10.6 Å². The second-order valence-electron chi connectivity index (χ2n) is 6.43. The highest BCUT2D eigenvalue weighted by atomic mass is 127. The predicted molar refractivity (Wildman–Crippen MR) is 135 cm³/mol. The fourth-order valence-electron chi connectivity index (χ4n) is 2.97. The first-order valence-electron chi connectivity index (χ1n) is 9.55. The predicted octanol–water partition coefficient (Wildman–Crippen LogP) is 4.33. The summed E-state index contributed by atoms with van der Waals surface area (Å²) < 4.78 is 12.1. The van der Waals surface area contributed by atoms with Crippen LogP contribution in [0.25, 0.3) is 10.1 Å². The summed E-state index contributed by atoms with van der Waals surface area (Å²) in [5.41, 5.74) is 1.04. The van der Waals surface area contributed by atoms with Crippen LogP contribution in [0.3, 0.4) is 0 Å². The summed E-state index contributed by atoms with van der Waals surface area (Å²) in [7, 11) is 3.34. The van der Waals surface area contributed by atoms with Gasteiger partial charge in [-0.15, -0.1) is 35.3 Å². The van der Waals surface area contributed by atoms with Gasteiger partial charge in [-0.2, -0.15) is 0 Å². The second kappa shape index (κ2) is 12.0. The van der Waals surface area contributed by atoms with Crippen molar-refractivity contribution in [3.8, 4) is 11.5 Å². The minimum atomic E-state index is -0.600. The quantitative estimate of drug-likeness (QED) is 0.225. The Morgan fingerprint density at radius 2 is 1.93 bits per heavy atom. The summed E-state index contributed by atoms with van der Waals surface area (Å²) in [5.74, 6) is 2.06. The summed E-state index contributed by atoms with van der Waals surface area (Å²) in [6, 6.07) is 16.0. The van der Waals surface area contributed by atoms with Crippen molar-refractivity contribution in [2.45, 2.75) is 19.6 Å². The highest BCUT2D eigenvalue weighted by molar-refractivity contribution is 14.0. The fourth-order valence-corrected chi connectivity index (χ4v) is 4.02. The number of aliphatic imine (C=N–C) groups is 1. The summed E-state index contributed by atoms with van der Waals surface area (Å²) in [6.07, 6.45) is -0.600. The maximum absolute atomic E-state index is 10.5. The van der Waals surface area contributed by atoms with Gasteiger partial charge in [0.2, 0.25) is 0 Å². The largest absolute Gasteiger partial charge is 0.493 e. The third-order valence-corrected chi connectivity index (χ3v) is 5.66. The molecule has 162 valence electrons. The Hall–Kier alpha value is -2.04. The lowest BCUT2D eigenvalue weighted by atomic mass is 10.2. The minimum absolute atomic E-state index is 0. The van der Waals surface area contributed by atoms with Gasteiger partial charge in [0.05, 0.1) is 13.7 Å². The van der Waals surface area contributed by atoms with Gasteiger partial charge < -0.3 is 25.2 Å². The van der Waals surface area contributed by atoms with E-state index in [-0.39, 0.29) is 24.0 Å². The van der Waals surface area contributed by atoms with Crippen LogP contribution in [-0.4, -0.2) is 38.4 Å². The molecule has 8 heteroatoms. The first-order chi connectivity index (χ1) is 14.1. The standard InChI is InChI=1S/C22H27N3O3S.HI/c1-4-28-19-11-15(9-10-18(19)27-3)13-24-22(23-2)25-14-17(26)21-12-16-7-5-6-8-20(16)29-21;/h5-12,17,26H,4,13-14H2,1-3H3,(H2,23,24,25);1H. The fraction of sp³-hybridized carbons (Fsp3) is 0.318. The Kier molecular flexibility index (Phi) is 9.67. The molecule has 1 heterocycles. The molecular weight excluding hydrogens is 513 g/mol. The lowest BCUT2D eigenvalue weighted by Crippen LogP contribution is -2.38. The normalized spacial score (nSPS) is 12.2. The molecule has 2 aromatic carbocycles. The van der Waals surface area contributed by atoms with E-state index in [0.29, 0.717) is 31.4 Å². The van der Waals surface area contributed by atoms with Crippen molar-refractivity contribution in [2.24, 2.45) is 4.99 Å². The molecule has 0 aliphatic rings. The molecule has 6 nitrogen and oxygen atoms in total. The molecule has 0 spiro atoms. The van der Waals surface area contributed by atoms with Gasteiger partial charge in [0.15, 0.2) is 17.5 Å². The van der Waals surface area contributed by atoms with Crippen molar-refractivity contribution in [3.63, 3.8) is 0 Å². The Labute approximate surface area is 198 Å². The summed E-state index contributed by atoms with van der Waals surface area (Å²) >= 11 is 1.61. The van der Waals surface area contributed by atoms with Crippen molar-refractivity contribution in [1.29, 1.82) is 0 Å². The molecule has 0 radical (unpaired) electrons. The molecule has 0 fully saturated rings. The molecule has 1 unspecified atom stereocenters. The van der Waals surface area contributed by atoms with Crippen LogP contribution in [0.5, 0.6) is 11.5 Å². The Morgan fingerprint density at radius 3 is 2.63 bits per heavy atom. The lowest BCUT2D eigenvalue weighted by molar-refractivity contribution is 0.184. The molecular formula is C22H28IN3O3S. The molecule has 0 aliphatic carbocycles. The van der Waals surface area contributed by atoms with Gasteiger partial charge in [-0.05, 0) is 42.1 Å². The van der Waals surface area contributed by atoms with E-state index in [9.17, 15) is 5.11 Å². The van der Waals surface area contributed by atoms with Crippen molar-refractivity contribution < 1.29 is 14.6 Å². The van der Waals surface area contributed by atoms with E-state index in [1.165, 1.54) is 4.70 Å². The van der Waals surface area contributed by atoms with E-state index in [1.807, 2.05) is 43.3 Å². The first kappa shape index (κ1) is 24.2. The van der Waals surface area contributed by atoms with Crippen molar-refractivity contribution >= 4 is 51.4 Å². The maximum atomic E-state index is 10.5. The Bertz CT molecular complexity index is 944. The van der Waals surface area contributed by atoms with Gasteiger partial charge in [-0.25, -0.2) is 0 Å². The van der Waals surface area contributed by atoms with Crippen molar-refractivity contribution in [3.05, 3.63) is 59.0 Å². The number of nitrogens with one attached hydrogen (secondary N) is 2. The molecule has 0 saturated heterocycles. The van der Waals surface area contributed by atoms with Crippen LogP contribution in [0.4, 0.5) is 0 Å². The molecule has 1 aromatic heterocycles. The monoisotopic (exact) mass is 541 g/mol. The van der Waals surface area contributed by atoms with Gasteiger partial charge in [0, 0.05) is 29.7 Å². The number of benzene rings is 2. The highest BCUT2D eigenvalue weighted by Gasteiger charge is 2.12. The summed E-state index contributed by atoms with van der Waals surface area (Å²) in [6.45, 7) is 3.46. The van der Waals surface area contributed by atoms with Gasteiger partial charge in [-0.1, -0.05) is 24.3 Å². The molecule has 1 atom stereocenters. The number of rotatable bonds is 8. The summed E-state index contributed by atoms with van der Waals surface area (Å²) in [5, 5.41) is 18.1. The number of methoxy groups -OCH3 is 1. The SMILES string of the molecule is CCOc1cc(CNC(=NC)NCC(O)c2cc3ccccc3s2)ccc1OC.I. The average Bonchev–Trinajstić information content (AvgIpc) is 3.18. The Morgan fingerprint density at radius 1 is 1.13 bits per heavy atom. The topological polar surface area (TPSA) is 75.1 Å².